The van der Waals surface area contributed by atoms with Crippen molar-refractivity contribution < 1.29 is 9.50 Å². The fourth-order valence-corrected chi connectivity index (χ4v) is 2.43. The number of rotatable bonds is 4. The van der Waals surface area contributed by atoms with Gasteiger partial charge in [-0.15, -0.1) is 0 Å². The van der Waals surface area contributed by atoms with Crippen LogP contribution in [0.4, 0.5) is 4.39 Å². The summed E-state index contributed by atoms with van der Waals surface area (Å²) in [6.07, 6.45) is 0. The standard InChI is InChI=1S/C13H18ClFN2O/c14-13-9-12(15)2-1-11(13)10-17-5-3-16(4-6-17)7-8-18/h1-2,9,18H,3-8,10H2. The zero-order valence-corrected chi connectivity index (χ0v) is 11.0. The predicted molar refractivity (Wildman–Crippen MR) is 70.2 cm³/mol. The van der Waals surface area contributed by atoms with Crippen molar-refractivity contribution in [2.75, 3.05) is 39.3 Å². The van der Waals surface area contributed by atoms with Crippen LogP contribution in [-0.2, 0) is 6.54 Å². The first-order chi connectivity index (χ1) is 8.69. The minimum Gasteiger partial charge on any atom is -0.395 e. The van der Waals surface area contributed by atoms with Gasteiger partial charge in [-0.25, -0.2) is 4.39 Å². The molecule has 0 bridgehead atoms. The Morgan fingerprint density at radius 1 is 1.17 bits per heavy atom. The number of benzene rings is 1. The summed E-state index contributed by atoms with van der Waals surface area (Å²) in [5.74, 6) is -0.295. The van der Waals surface area contributed by atoms with Crippen LogP contribution in [0.15, 0.2) is 18.2 Å². The van der Waals surface area contributed by atoms with E-state index in [9.17, 15) is 4.39 Å². The third kappa shape index (κ3) is 3.65. The Morgan fingerprint density at radius 3 is 2.44 bits per heavy atom. The zero-order chi connectivity index (χ0) is 13.0. The average molecular weight is 273 g/mol. The lowest BCUT2D eigenvalue weighted by atomic mass is 10.2. The summed E-state index contributed by atoms with van der Waals surface area (Å²) < 4.78 is 12.9. The average Bonchev–Trinajstić information content (AvgIpc) is 2.35. The molecule has 1 heterocycles. The largest absolute Gasteiger partial charge is 0.395 e. The Bertz CT molecular complexity index is 395. The molecule has 0 amide bonds. The van der Waals surface area contributed by atoms with E-state index in [2.05, 4.69) is 9.80 Å². The Hall–Kier alpha value is -0.680. The maximum atomic E-state index is 12.9. The minimum atomic E-state index is -0.295. The first kappa shape index (κ1) is 13.7. The number of nitrogens with zero attached hydrogens (tertiary/aromatic N) is 2. The molecule has 1 saturated heterocycles. The smallest absolute Gasteiger partial charge is 0.124 e. The van der Waals surface area contributed by atoms with E-state index in [-0.39, 0.29) is 12.4 Å². The number of hydrogen-bond acceptors (Lipinski definition) is 3. The molecule has 1 aliphatic heterocycles. The summed E-state index contributed by atoms with van der Waals surface area (Å²) in [6.45, 7) is 5.53. The van der Waals surface area contributed by atoms with Gasteiger partial charge in [-0.3, -0.25) is 9.80 Å². The van der Waals surface area contributed by atoms with Crippen LogP contribution in [0.3, 0.4) is 0 Å². The maximum absolute atomic E-state index is 12.9. The number of halogens is 2. The zero-order valence-electron chi connectivity index (χ0n) is 10.3. The molecule has 3 nitrogen and oxygen atoms in total. The van der Waals surface area contributed by atoms with Crippen molar-refractivity contribution in [3.63, 3.8) is 0 Å². The molecular weight excluding hydrogens is 255 g/mol. The molecule has 1 N–H and O–H groups in total. The number of piperazine rings is 1. The Morgan fingerprint density at radius 2 is 1.83 bits per heavy atom. The molecule has 0 aromatic heterocycles. The van der Waals surface area contributed by atoms with E-state index < -0.39 is 0 Å². The highest BCUT2D eigenvalue weighted by atomic mass is 35.5. The van der Waals surface area contributed by atoms with Gasteiger partial charge in [0.25, 0.3) is 0 Å². The van der Waals surface area contributed by atoms with Crippen molar-refractivity contribution in [1.29, 1.82) is 0 Å². The normalized spacial score (nSPS) is 18.2. The third-order valence-corrected chi connectivity index (χ3v) is 3.64. The van der Waals surface area contributed by atoms with E-state index in [0.29, 0.717) is 5.02 Å². The molecule has 0 spiro atoms. The highest BCUT2D eigenvalue weighted by Crippen LogP contribution is 2.19. The van der Waals surface area contributed by atoms with E-state index in [4.69, 9.17) is 16.7 Å². The lowest BCUT2D eigenvalue weighted by molar-refractivity contribution is 0.108. The van der Waals surface area contributed by atoms with Crippen LogP contribution < -0.4 is 0 Å². The summed E-state index contributed by atoms with van der Waals surface area (Å²) in [5.41, 5.74) is 0.966. The van der Waals surface area contributed by atoms with E-state index >= 15 is 0 Å². The molecule has 1 aliphatic rings. The van der Waals surface area contributed by atoms with Crippen LogP contribution in [-0.4, -0.2) is 54.2 Å². The number of β-amino-alcohol motifs (C(OH)–C–C–N with tert-alkyl or cyclic N) is 1. The molecule has 1 aromatic carbocycles. The second kappa shape index (κ2) is 6.48. The lowest BCUT2D eigenvalue weighted by Gasteiger charge is -2.34. The van der Waals surface area contributed by atoms with Crippen LogP contribution in [0.5, 0.6) is 0 Å². The van der Waals surface area contributed by atoms with Gasteiger partial charge >= 0.3 is 0 Å². The van der Waals surface area contributed by atoms with Gasteiger partial charge in [0.15, 0.2) is 0 Å². The highest BCUT2D eigenvalue weighted by Gasteiger charge is 2.17. The van der Waals surface area contributed by atoms with Crippen molar-refractivity contribution in [2.24, 2.45) is 0 Å². The summed E-state index contributed by atoms with van der Waals surface area (Å²) in [5, 5.41) is 9.37. The van der Waals surface area contributed by atoms with Crippen molar-refractivity contribution in [3.05, 3.63) is 34.6 Å². The summed E-state index contributed by atoms with van der Waals surface area (Å²) >= 11 is 6.02. The molecule has 0 radical (unpaired) electrons. The molecule has 1 aromatic rings. The SMILES string of the molecule is OCCN1CCN(Cc2ccc(F)cc2Cl)CC1. The molecule has 0 saturated carbocycles. The van der Waals surface area contributed by atoms with Crippen molar-refractivity contribution in [1.82, 2.24) is 9.80 Å². The Labute approximate surface area is 112 Å². The fourth-order valence-electron chi connectivity index (χ4n) is 2.20. The van der Waals surface area contributed by atoms with Crippen molar-refractivity contribution >= 4 is 11.6 Å². The fraction of sp³-hybridized carbons (Fsp3) is 0.538. The summed E-state index contributed by atoms with van der Waals surface area (Å²) in [7, 11) is 0. The monoisotopic (exact) mass is 272 g/mol. The topological polar surface area (TPSA) is 26.7 Å². The van der Waals surface area contributed by atoms with Gasteiger partial charge < -0.3 is 5.11 Å². The molecular formula is C13H18ClFN2O. The Kier molecular flexibility index (Phi) is 4.95. The molecule has 0 atom stereocenters. The number of aliphatic hydroxyl groups is 1. The first-order valence-corrected chi connectivity index (χ1v) is 6.56. The van der Waals surface area contributed by atoms with Gasteiger partial charge in [-0.1, -0.05) is 17.7 Å². The lowest BCUT2D eigenvalue weighted by Crippen LogP contribution is -2.46. The van der Waals surface area contributed by atoms with Crippen LogP contribution in [0.25, 0.3) is 0 Å². The quantitative estimate of drug-likeness (QED) is 0.902. The van der Waals surface area contributed by atoms with E-state index in [0.717, 1.165) is 44.8 Å². The van der Waals surface area contributed by atoms with Crippen molar-refractivity contribution in [2.45, 2.75) is 6.54 Å². The second-order valence-corrected chi connectivity index (χ2v) is 4.98. The predicted octanol–water partition coefficient (Wildman–Crippen LogP) is 1.59. The minimum absolute atomic E-state index is 0.212. The highest BCUT2D eigenvalue weighted by molar-refractivity contribution is 6.31. The molecule has 5 heteroatoms. The molecule has 0 unspecified atom stereocenters. The summed E-state index contributed by atoms with van der Waals surface area (Å²) in [4.78, 5) is 4.54. The van der Waals surface area contributed by atoms with Crippen LogP contribution in [0, 0.1) is 5.82 Å². The van der Waals surface area contributed by atoms with Gasteiger partial charge in [0.05, 0.1) is 6.61 Å². The molecule has 1 fully saturated rings. The van der Waals surface area contributed by atoms with E-state index in [1.807, 2.05) is 0 Å². The number of hydrogen-bond donors (Lipinski definition) is 1. The molecule has 100 valence electrons. The van der Waals surface area contributed by atoms with Gasteiger partial charge in [0, 0.05) is 44.3 Å². The van der Waals surface area contributed by atoms with E-state index in [1.165, 1.54) is 12.1 Å². The molecule has 18 heavy (non-hydrogen) atoms. The van der Waals surface area contributed by atoms with Crippen LogP contribution >= 0.6 is 11.6 Å². The first-order valence-electron chi connectivity index (χ1n) is 6.18. The van der Waals surface area contributed by atoms with E-state index in [1.54, 1.807) is 6.07 Å². The Balaban J connectivity index is 1.87. The van der Waals surface area contributed by atoms with Crippen LogP contribution in [0.1, 0.15) is 5.56 Å². The van der Waals surface area contributed by atoms with Gasteiger partial charge in [0.2, 0.25) is 0 Å². The number of aliphatic hydroxyl groups excluding tert-OH is 1. The third-order valence-electron chi connectivity index (χ3n) is 3.29. The maximum Gasteiger partial charge on any atom is 0.124 e. The van der Waals surface area contributed by atoms with Gasteiger partial charge in [0.1, 0.15) is 5.82 Å². The molecule has 0 aliphatic carbocycles. The molecule has 2 rings (SSSR count). The second-order valence-electron chi connectivity index (χ2n) is 4.58. The van der Waals surface area contributed by atoms with Crippen LogP contribution in [0.2, 0.25) is 5.02 Å². The summed E-state index contributed by atoms with van der Waals surface area (Å²) in [6, 6.07) is 4.56. The van der Waals surface area contributed by atoms with Crippen molar-refractivity contribution in [3.8, 4) is 0 Å². The van der Waals surface area contributed by atoms with Gasteiger partial charge in [-0.05, 0) is 17.7 Å². The van der Waals surface area contributed by atoms with Gasteiger partial charge in [-0.2, -0.15) is 0 Å².